The fourth-order valence-corrected chi connectivity index (χ4v) is 3.17. The van der Waals surface area contributed by atoms with Crippen LogP contribution in [-0.2, 0) is 19.0 Å². The Hall–Kier alpha value is -0.650. The predicted molar refractivity (Wildman–Crippen MR) is 75.6 cm³/mol. The minimum absolute atomic E-state index is 0.116. The first-order valence-electron chi connectivity index (χ1n) is 7.79. The summed E-state index contributed by atoms with van der Waals surface area (Å²) in [5, 5.41) is 3.17. The summed E-state index contributed by atoms with van der Waals surface area (Å²) in [6.45, 7) is 3.76. The summed E-state index contributed by atoms with van der Waals surface area (Å²) in [5.74, 6) is -0.145. The first kappa shape index (κ1) is 15.7. The lowest BCUT2D eigenvalue weighted by Gasteiger charge is -2.38. The third-order valence-electron chi connectivity index (χ3n) is 4.39. The van der Waals surface area contributed by atoms with E-state index in [0.717, 1.165) is 38.7 Å². The fraction of sp³-hybridized carbons (Fsp3) is 0.933. The molecule has 1 N–H and O–H groups in total. The molecule has 5 nitrogen and oxygen atoms in total. The number of carbonyl (C=O) groups is 1. The monoisotopic (exact) mass is 285 g/mol. The van der Waals surface area contributed by atoms with Gasteiger partial charge in [-0.25, -0.2) is 0 Å². The molecule has 1 heterocycles. The molecule has 3 atom stereocenters. The Labute approximate surface area is 121 Å². The van der Waals surface area contributed by atoms with Crippen LogP contribution in [0, 0.1) is 0 Å². The molecule has 0 aromatic heterocycles. The van der Waals surface area contributed by atoms with Gasteiger partial charge < -0.3 is 19.5 Å². The van der Waals surface area contributed by atoms with Gasteiger partial charge in [-0.2, -0.15) is 0 Å². The van der Waals surface area contributed by atoms with Crippen LogP contribution in [0.15, 0.2) is 0 Å². The average molecular weight is 285 g/mol. The Bertz CT molecular complexity index is 317. The van der Waals surface area contributed by atoms with Crippen molar-refractivity contribution in [1.29, 1.82) is 0 Å². The maximum absolute atomic E-state index is 12.2. The molecular weight excluding hydrogens is 258 g/mol. The van der Waals surface area contributed by atoms with E-state index in [4.69, 9.17) is 14.2 Å². The van der Waals surface area contributed by atoms with Crippen LogP contribution in [0.4, 0.5) is 0 Å². The van der Waals surface area contributed by atoms with Gasteiger partial charge in [-0.05, 0) is 46.1 Å². The lowest BCUT2D eigenvalue weighted by molar-refractivity contribution is -0.155. The van der Waals surface area contributed by atoms with E-state index in [0.29, 0.717) is 19.6 Å². The Morgan fingerprint density at radius 2 is 2.25 bits per heavy atom. The molecule has 1 aliphatic carbocycles. The average Bonchev–Trinajstić information content (AvgIpc) is 2.99. The largest absolute Gasteiger partial charge is 0.465 e. The van der Waals surface area contributed by atoms with E-state index >= 15 is 0 Å². The van der Waals surface area contributed by atoms with Crippen LogP contribution in [0.2, 0.25) is 0 Å². The van der Waals surface area contributed by atoms with Gasteiger partial charge in [0.1, 0.15) is 5.54 Å². The second kappa shape index (κ2) is 7.38. The second-order valence-electron chi connectivity index (χ2n) is 5.74. The highest BCUT2D eigenvalue weighted by atomic mass is 16.5. The van der Waals surface area contributed by atoms with Crippen molar-refractivity contribution in [1.82, 2.24) is 5.32 Å². The number of ether oxygens (including phenoxy) is 3. The number of hydrogen-bond acceptors (Lipinski definition) is 5. The van der Waals surface area contributed by atoms with Gasteiger partial charge in [0.2, 0.25) is 0 Å². The molecule has 0 aromatic carbocycles. The van der Waals surface area contributed by atoms with Crippen molar-refractivity contribution in [3.63, 3.8) is 0 Å². The zero-order valence-electron chi connectivity index (χ0n) is 12.7. The van der Waals surface area contributed by atoms with Gasteiger partial charge in [-0.3, -0.25) is 4.79 Å². The number of likely N-dealkylation sites (N-methyl/N-ethyl adjacent to an activating group) is 1. The highest BCUT2D eigenvalue weighted by molar-refractivity contribution is 5.81. The van der Waals surface area contributed by atoms with E-state index in [2.05, 4.69) is 5.32 Å². The van der Waals surface area contributed by atoms with Crippen LogP contribution in [0.25, 0.3) is 0 Å². The maximum Gasteiger partial charge on any atom is 0.326 e. The summed E-state index contributed by atoms with van der Waals surface area (Å²) in [5.41, 5.74) is -0.574. The number of hydrogen-bond donors (Lipinski definition) is 1. The third-order valence-corrected chi connectivity index (χ3v) is 4.39. The van der Waals surface area contributed by atoms with E-state index in [1.54, 1.807) is 0 Å². The molecule has 1 aliphatic heterocycles. The molecule has 0 aromatic rings. The smallest absolute Gasteiger partial charge is 0.326 e. The van der Waals surface area contributed by atoms with Crippen molar-refractivity contribution >= 4 is 5.97 Å². The number of nitrogens with one attached hydrogen (secondary N) is 1. The van der Waals surface area contributed by atoms with Crippen LogP contribution in [-0.4, -0.2) is 50.6 Å². The van der Waals surface area contributed by atoms with Crippen LogP contribution < -0.4 is 5.32 Å². The van der Waals surface area contributed by atoms with E-state index in [1.807, 2.05) is 14.0 Å². The van der Waals surface area contributed by atoms with E-state index < -0.39 is 5.54 Å². The molecule has 2 rings (SSSR count). The van der Waals surface area contributed by atoms with Crippen LogP contribution in [0.5, 0.6) is 0 Å². The molecule has 0 radical (unpaired) electrons. The van der Waals surface area contributed by atoms with Crippen molar-refractivity contribution < 1.29 is 19.0 Å². The van der Waals surface area contributed by atoms with Crippen molar-refractivity contribution in [3.05, 3.63) is 0 Å². The Balaban J connectivity index is 1.86. The van der Waals surface area contributed by atoms with Crippen LogP contribution in [0.1, 0.15) is 45.4 Å². The van der Waals surface area contributed by atoms with Gasteiger partial charge in [-0.15, -0.1) is 0 Å². The van der Waals surface area contributed by atoms with Crippen molar-refractivity contribution in [3.8, 4) is 0 Å². The normalized spacial score (nSPS) is 34.1. The molecule has 0 spiro atoms. The zero-order chi connectivity index (χ0) is 14.4. The topological polar surface area (TPSA) is 56.8 Å². The molecule has 0 bridgehead atoms. The molecular formula is C15H27NO4. The van der Waals surface area contributed by atoms with Gasteiger partial charge in [0.05, 0.1) is 25.4 Å². The SMILES string of the molecule is CCOC(=O)C1(NC)CCCC(OCC2CCCO2)C1. The van der Waals surface area contributed by atoms with Gasteiger partial charge in [0, 0.05) is 13.0 Å². The minimum atomic E-state index is -0.574. The van der Waals surface area contributed by atoms with Crippen LogP contribution >= 0.6 is 0 Å². The molecule has 1 saturated heterocycles. The first-order valence-corrected chi connectivity index (χ1v) is 7.79. The van der Waals surface area contributed by atoms with Gasteiger partial charge >= 0.3 is 5.97 Å². The minimum Gasteiger partial charge on any atom is -0.465 e. The summed E-state index contributed by atoms with van der Waals surface area (Å²) in [6, 6.07) is 0. The summed E-state index contributed by atoms with van der Waals surface area (Å²) in [4.78, 5) is 12.2. The fourth-order valence-electron chi connectivity index (χ4n) is 3.17. The van der Waals surface area contributed by atoms with Gasteiger partial charge in [0.25, 0.3) is 0 Å². The maximum atomic E-state index is 12.2. The highest BCUT2D eigenvalue weighted by Gasteiger charge is 2.43. The van der Waals surface area contributed by atoms with E-state index in [9.17, 15) is 4.79 Å². The van der Waals surface area contributed by atoms with E-state index in [-0.39, 0.29) is 18.2 Å². The lowest BCUT2D eigenvalue weighted by atomic mass is 9.80. The third kappa shape index (κ3) is 3.71. The Morgan fingerprint density at radius 1 is 1.40 bits per heavy atom. The molecule has 1 saturated carbocycles. The summed E-state index contributed by atoms with van der Waals surface area (Å²) >= 11 is 0. The van der Waals surface area contributed by atoms with Gasteiger partial charge in [-0.1, -0.05) is 0 Å². The van der Waals surface area contributed by atoms with Crippen molar-refractivity contribution in [2.24, 2.45) is 0 Å². The lowest BCUT2D eigenvalue weighted by Crippen LogP contribution is -2.55. The van der Waals surface area contributed by atoms with Crippen LogP contribution in [0.3, 0.4) is 0 Å². The molecule has 5 heteroatoms. The molecule has 0 amide bonds. The second-order valence-corrected chi connectivity index (χ2v) is 5.74. The Kier molecular flexibility index (Phi) is 5.81. The van der Waals surface area contributed by atoms with E-state index in [1.165, 1.54) is 0 Å². The first-order chi connectivity index (χ1) is 9.70. The number of esters is 1. The molecule has 2 aliphatic rings. The molecule has 116 valence electrons. The Morgan fingerprint density at radius 3 is 2.90 bits per heavy atom. The predicted octanol–water partition coefficient (Wildman–Crippen LogP) is 1.65. The van der Waals surface area contributed by atoms with Crippen molar-refractivity contribution in [2.75, 3.05) is 26.9 Å². The number of rotatable bonds is 6. The quantitative estimate of drug-likeness (QED) is 0.752. The number of carbonyl (C=O) groups excluding carboxylic acids is 1. The summed E-state index contributed by atoms with van der Waals surface area (Å²) < 4.78 is 16.8. The summed E-state index contributed by atoms with van der Waals surface area (Å²) in [7, 11) is 1.83. The molecule has 20 heavy (non-hydrogen) atoms. The highest BCUT2D eigenvalue weighted by Crippen LogP contribution is 2.31. The van der Waals surface area contributed by atoms with Crippen molar-refractivity contribution in [2.45, 2.75) is 63.2 Å². The summed E-state index contributed by atoms with van der Waals surface area (Å²) in [6.07, 6.45) is 6.07. The zero-order valence-corrected chi connectivity index (χ0v) is 12.7. The molecule has 2 fully saturated rings. The van der Waals surface area contributed by atoms with Gasteiger partial charge in [0.15, 0.2) is 0 Å². The standard InChI is InChI=1S/C15H27NO4/c1-3-18-14(17)15(16-2)8-4-6-12(10-15)20-11-13-7-5-9-19-13/h12-13,16H,3-11H2,1-2H3. The molecule has 3 unspecified atom stereocenters.